The Balaban J connectivity index is 1.99. The topological polar surface area (TPSA) is 23.5 Å². The second-order valence-electron chi connectivity index (χ2n) is 5.01. The minimum atomic E-state index is -0.0772. The maximum Gasteiger partial charge on any atom is 0.104 e. The summed E-state index contributed by atoms with van der Waals surface area (Å²) in [5.74, 6) is 5.65. The van der Waals surface area contributed by atoms with Gasteiger partial charge in [0.2, 0.25) is 0 Å². The largest absolute Gasteiger partial charge is 0.384 e. The van der Waals surface area contributed by atoms with Gasteiger partial charge in [-0.15, -0.1) is 0 Å². The van der Waals surface area contributed by atoms with Crippen LogP contribution in [0.4, 0.5) is 0 Å². The van der Waals surface area contributed by atoms with Gasteiger partial charge >= 0.3 is 0 Å². The van der Waals surface area contributed by atoms with Crippen LogP contribution >= 0.6 is 0 Å². The molecule has 1 fully saturated rings. The van der Waals surface area contributed by atoms with Crippen LogP contribution in [0.15, 0.2) is 24.3 Å². The molecule has 0 saturated heterocycles. The molecule has 2 nitrogen and oxygen atoms in total. The molecule has 96 valence electrons. The van der Waals surface area contributed by atoms with Gasteiger partial charge in [-0.2, -0.15) is 0 Å². The van der Waals surface area contributed by atoms with Gasteiger partial charge in [-0.3, -0.25) is 4.90 Å². The molecule has 0 radical (unpaired) electrons. The predicted octanol–water partition coefficient (Wildman–Crippen LogP) is 2.40. The van der Waals surface area contributed by atoms with Crippen LogP contribution in [-0.4, -0.2) is 29.7 Å². The van der Waals surface area contributed by atoms with Crippen LogP contribution in [0.3, 0.4) is 0 Å². The molecule has 2 heteroatoms. The molecule has 0 bridgehead atoms. The smallest absolute Gasteiger partial charge is 0.104 e. The van der Waals surface area contributed by atoms with Crippen molar-refractivity contribution in [2.75, 3.05) is 13.7 Å². The van der Waals surface area contributed by atoms with Gasteiger partial charge in [-0.05, 0) is 37.6 Å². The first kappa shape index (κ1) is 13.1. The van der Waals surface area contributed by atoms with Crippen LogP contribution in [-0.2, 0) is 6.54 Å². The lowest BCUT2D eigenvalue weighted by Gasteiger charge is -2.24. The van der Waals surface area contributed by atoms with Gasteiger partial charge in [0.15, 0.2) is 0 Å². The lowest BCUT2D eigenvalue weighted by atomic mass is 10.1. The monoisotopic (exact) mass is 243 g/mol. The average Bonchev–Trinajstić information content (AvgIpc) is 2.91. The van der Waals surface area contributed by atoms with Crippen LogP contribution in [0, 0.1) is 11.8 Å². The molecule has 1 aliphatic rings. The number of aliphatic hydroxyl groups excluding tert-OH is 1. The predicted molar refractivity (Wildman–Crippen MR) is 74.1 cm³/mol. The third-order valence-electron chi connectivity index (χ3n) is 3.62. The zero-order chi connectivity index (χ0) is 12.8. The molecule has 0 heterocycles. The summed E-state index contributed by atoms with van der Waals surface area (Å²) in [5.41, 5.74) is 2.29. The van der Waals surface area contributed by atoms with E-state index in [1.54, 1.807) is 0 Å². The molecule has 0 atom stereocenters. The summed E-state index contributed by atoms with van der Waals surface area (Å²) in [6.45, 7) is 0.908. The molecule has 1 N–H and O–H groups in total. The van der Waals surface area contributed by atoms with Crippen molar-refractivity contribution < 1.29 is 5.11 Å². The van der Waals surface area contributed by atoms with Crippen molar-refractivity contribution >= 4 is 0 Å². The molecule has 1 aliphatic carbocycles. The highest BCUT2D eigenvalue weighted by Crippen LogP contribution is 2.23. The van der Waals surface area contributed by atoms with Gasteiger partial charge in [0, 0.05) is 18.2 Å². The van der Waals surface area contributed by atoms with Crippen LogP contribution in [0.2, 0.25) is 0 Å². The highest BCUT2D eigenvalue weighted by atomic mass is 16.2. The highest BCUT2D eigenvalue weighted by molar-refractivity contribution is 5.37. The molecule has 0 unspecified atom stereocenters. The maximum atomic E-state index is 8.70. The Bertz CT molecular complexity index is 438. The number of benzene rings is 1. The minimum absolute atomic E-state index is 0.0772. The summed E-state index contributed by atoms with van der Waals surface area (Å²) in [6.07, 6.45) is 5.41. The van der Waals surface area contributed by atoms with E-state index in [1.807, 2.05) is 12.1 Å². The van der Waals surface area contributed by atoms with Crippen LogP contribution < -0.4 is 0 Å². The van der Waals surface area contributed by atoms with Gasteiger partial charge in [-0.25, -0.2) is 0 Å². The van der Waals surface area contributed by atoms with Crippen molar-refractivity contribution in [3.63, 3.8) is 0 Å². The lowest BCUT2D eigenvalue weighted by molar-refractivity contribution is 0.237. The Morgan fingerprint density at radius 1 is 1.33 bits per heavy atom. The van der Waals surface area contributed by atoms with Gasteiger partial charge in [-0.1, -0.05) is 36.8 Å². The fraction of sp³-hybridized carbons (Fsp3) is 0.500. The van der Waals surface area contributed by atoms with Crippen molar-refractivity contribution in [1.82, 2.24) is 4.90 Å². The Morgan fingerprint density at radius 2 is 2.11 bits per heavy atom. The minimum Gasteiger partial charge on any atom is -0.384 e. The molecule has 1 saturated carbocycles. The SMILES string of the molecule is CN(Cc1cccc(C#CCO)c1)C1CCCC1. The van der Waals surface area contributed by atoms with Crippen molar-refractivity contribution in [2.45, 2.75) is 38.3 Å². The van der Waals surface area contributed by atoms with E-state index in [0.717, 1.165) is 18.2 Å². The van der Waals surface area contributed by atoms with Crippen molar-refractivity contribution in [3.05, 3.63) is 35.4 Å². The third kappa shape index (κ3) is 3.60. The van der Waals surface area contributed by atoms with Crippen molar-refractivity contribution in [1.29, 1.82) is 0 Å². The van der Waals surface area contributed by atoms with Gasteiger partial charge in [0.1, 0.15) is 6.61 Å². The average molecular weight is 243 g/mol. The van der Waals surface area contributed by atoms with E-state index in [2.05, 4.69) is 35.9 Å². The number of rotatable bonds is 3. The van der Waals surface area contributed by atoms with E-state index in [-0.39, 0.29) is 6.61 Å². The molecule has 18 heavy (non-hydrogen) atoms. The summed E-state index contributed by atoms with van der Waals surface area (Å²) in [7, 11) is 2.21. The quantitative estimate of drug-likeness (QED) is 0.824. The second-order valence-corrected chi connectivity index (χ2v) is 5.01. The number of hydrogen-bond acceptors (Lipinski definition) is 2. The van der Waals surface area contributed by atoms with E-state index in [1.165, 1.54) is 31.2 Å². The van der Waals surface area contributed by atoms with E-state index in [0.29, 0.717) is 0 Å². The number of aliphatic hydroxyl groups is 1. The van der Waals surface area contributed by atoms with Gasteiger partial charge in [0.05, 0.1) is 0 Å². The molecule has 1 aromatic carbocycles. The van der Waals surface area contributed by atoms with Crippen molar-refractivity contribution in [2.24, 2.45) is 0 Å². The molecule has 2 rings (SSSR count). The maximum absolute atomic E-state index is 8.70. The first-order valence-electron chi connectivity index (χ1n) is 6.68. The molecular formula is C16H21NO. The summed E-state index contributed by atoms with van der Waals surface area (Å²) >= 11 is 0. The van der Waals surface area contributed by atoms with E-state index in [9.17, 15) is 0 Å². The zero-order valence-electron chi connectivity index (χ0n) is 11.0. The Morgan fingerprint density at radius 3 is 2.83 bits per heavy atom. The van der Waals surface area contributed by atoms with Crippen LogP contribution in [0.1, 0.15) is 36.8 Å². The molecule has 0 aromatic heterocycles. The summed E-state index contributed by atoms with van der Waals surface area (Å²) in [5, 5.41) is 8.70. The van der Waals surface area contributed by atoms with E-state index >= 15 is 0 Å². The molecule has 0 spiro atoms. The molecule has 0 aliphatic heterocycles. The fourth-order valence-electron chi connectivity index (χ4n) is 2.65. The lowest BCUT2D eigenvalue weighted by Crippen LogP contribution is -2.28. The third-order valence-corrected chi connectivity index (χ3v) is 3.62. The Kier molecular flexibility index (Phi) is 4.81. The fourth-order valence-corrected chi connectivity index (χ4v) is 2.65. The first-order valence-corrected chi connectivity index (χ1v) is 6.68. The van der Waals surface area contributed by atoms with Crippen molar-refractivity contribution in [3.8, 4) is 11.8 Å². The second kappa shape index (κ2) is 6.58. The van der Waals surface area contributed by atoms with Crippen LogP contribution in [0.5, 0.6) is 0 Å². The van der Waals surface area contributed by atoms with Crippen LogP contribution in [0.25, 0.3) is 0 Å². The summed E-state index contributed by atoms with van der Waals surface area (Å²) in [6, 6.07) is 9.04. The first-order chi connectivity index (χ1) is 8.79. The standard InChI is InChI=1S/C16H21NO/c1-17(16-9-2-3-10-16)13-15-7-4-6-14(12-15)8-5-11-18/h4,6-7,12,16,18H,2-3,9-11,13H2,1H3. The van der Waals surface area contributed by atoms with Gasteiger partial charge in [0.25, 0.3) is 0 Å². The zero-order valence-corrected chi connectivity index (χ0v) is 11.0. The number of nitrogens with zero attached hydrogens (tertiary/aromatic N) is 1. The number of hydrogen-bond donors (Lipinski definition) is 1. The molecular weight excluding hydrogens is 222 g/mol. The summed E-state index contributed by atoms with van der Waals surface area (Å²) in [4.78, 5) is 2.45. The molecule has 0 amide bonds. The Labute approximate surface area is 110 Å². The molecule has 1 aromatic rings. The van der Waals surface area contributed by atoms with E-state index < -0.39 is 0 Å². The normalized spacial score (nSPS) is 15.7. The Hall–Kier alpha value is -1.30. The van der Waals surface area contributed by atoms with E-state index in [4.69, 9.17) is 5.11 Å². The summed E-state index contributed by atoms with van der Waals surface area (Å²) < 4.78 is 0. The van der Waals surface area contributed by atoms with Gasteiger partial charge < -0.3 is 5.11 Å². The highest BCUT2D eigenvalue weighted by Gasteiger charge is 2.19.